The van der Waals surface area contributed by atoms with Crippen molar-refractivity contribution >= 4 is 45.7 Å². The van der Waals surface area contributed by atoms with Gasteiger partial charge in [-0.3, -0.25) is 0 Å². The lowest BCUT2D eigenvalue weighted by Crippen LogP contribution is -2.20. The summed E-state index contributed by atoms with van der Waals surface area (Å²) in [5, 5.41) is 0.687. The highest BCUT2D eigenvalue weighted by Gasteiger charge is 2.27. The molecule has 2 nitrogen and oxygen atoms in total. The predicted octanol–water partition coefficient (Wildman–Crippen LogP) is 15.8. The van der Waals surface area contributed by atoms with Crippen molar-refractivity contribution in [1.29, 1.82) is 0 Å². The van der Waals surface area contributed by atoms with E-state index in [0.717, 1.165) is 34.1 Å². The van der Waals surface area contributed by atoms with Crippen molar-refractivity contribution in [3.8, 4) is 0 Å². The van der Waals surface area contributed by atoms with E-state index in [9.17, 15) is 0 Å². The molecule has 5 rings (SSSR count). The maximum Gasteiger partial charge on any atom is 0.0887 e. The van der Waals surface area contributed by atoms with Crippen LogP contribution < -0.4 is 9.80 Å². The van der Waals surface area contributed by atoms with Gasteiger partial charge in [-0.05, 0) is 116 Å². The Morgan fingerprint density at radius 3 is 1.04 bits per heavy atom. The summed E-state index contributed by atoms with van der Waals surface area (Å²) in [6.07, 6.45) is 0. The molecule has 3 heteroatoms. The molecule has 0 atom stereocenters. The van der Waals surface area contributed by atoms with E-state index in [2.05, 4.69) is 223 Å². The molecular weight excluding hydrogens is 664 g/mol. The van der Waals surface area contributed by atoms with Gasteiger partial charge in [-0.25, -0.2) is 0 Å². The summed E-state index contributed by atoms with van der Waals surface area (Å²) in [7, 11) is 0. The van der Waals surface area contributed by atoms with Crippen LogP contribution in [0.3, 0.4) is 0 Å². The molecule has 0 fully saturated rings. The molecule has 0 saturated carbocycles. The van der Waals surface area contributed by atoms with E-state index in [1.165, 1.54) is 27.8 Å². The number of hydrogen-bond donors (Lipinski definition) is 0. The summed E-state index contributed by atoms with van der Waals surface area (Å²) in [5.74, 6) is 0. The molecule has 0 aromatic heterocycles. The third-order valence-corrected chi connectivity index (χ3v) is 10.7. The monoisotopic (exact) mass is 726 g/mol. The van der Waals surface area contributed by atoms with Gasteiger partial charge in [0.1, 0.15) is 0 Å². The lowest BCUT2D eigenvalue weighted by molar-refractivity contribution is 0.568. The minimum absolute atomic E-state index is 0.0214. The van der Waals surface area contributed by atoms with E-state index in [1.807, 2.05) is 0 Å². The fourth-order valence-corrected chi connectivity index (χ4v) is 6.94. The maximum atomic E-state index is 7.81. The first kappa shape index (κ1) is 40.2. The van der Waals surface area contributed by atoms with Crippen LogP contribution >= 0.6 is 11.6 Å². The minimum Gasteiger partial charge on any atom is -0.309 e. The Labute approximate surface area is 327 Å². The lowest BCUT2D eigenvalue weighted by Gasteiger charge is -2.34. The summed E-state index contributed by atoms with van der Waals surface area (Å²) in [4.78, 5) is 4.68. The molecule has 0 amide bonds. The Kier molecular flexibility index (Phi) is 10.9. The number of anilines is 6. The average molecular weight is 728 g/mol. The van der Waals surface area contributed by atoms with Crippen LogP contribution in [0.25, 0.3) is 0 Å². The van der Waals surface area contributed by atoms with Crippen LogP contribution in [-0.4, -0.2) is 0 Å². The van der Waals surface area contributed by atoms with Crippen LogP contribution in [0.15, 0.2) is 109 Å². The van der Waals surface area contributed by atoms with Crippen molar-refractivity contribution in [3.63, 3.8) is 0 Å². The Bertz CT molecular complexity index is 1950. The van der Waals surface area contributed by atoms with E-state index in [4.69, 9.17) is 11.6 Å². The fraction of sp³-hybridized carbons (Fsp3) is 0.400. The number of nitrogens with zero attached hydrogens (tertiary/aromatic N) is 2. The van der Waals surface area contributed by atoms with Gasteiger partial charge in [-0.15, -0.1) is 0 Å². The molecule has 0 bridgehead atoms. The number of hydrogen-bond acceptors (Lipinski definition) is 2. The molecule has 280 valence electrons. The van der Waals surface area contributed by atoms with Crippen molar-refractivity contribution in [3.05, 3.63) is 142 Å². The zero-order valence-electron chi connectivity index (χ0n) is 35.2. The highest BCUT2D eigenvalue weighted by molar-refractivity contribution is 6.36. The third kappa shape index (κ3) is 9.04. The topological polar surface area (TPSA) is 6.48 Å². The second-order valence-electron chi connectivity index (χ2n) is 19.9. The average Bonchev–Trinajstić information content (AvgIpc) is 3.05. The molecule has 0 heterocycles. The molecular formula is C50H63ClN2. The van der Waals surface area contributed by atoms with E-state index in [-0.39, 0.29) is 27.1 Å². The van der Waals surface area contributed by atoms with E-state index >= 15 is 0 Å². The van der Waals surface area contributed by atoms with E-state index in [1.54, 1.807) is 0 Å². The molecule has 5 aromatic rings. The fourth-order valence-electron chi connectivity index (χ4n) is 6.65. The SMILES string of the molecule is CC(C)(C)c1ccc(N(c2ccc(C(C)(C)C)cc2)c2cccc(N(c3cccc(C(C)(C)C)c3)c3cc(C(C)(C)C)cc(C(C)(C)C)c3)c2Cl)cc1. The minimum atomic E-state index is -0.0458. The number of rotatable bonds is 6. The molecule has 0 aliphatic heterocycles. The first-order chi connectivity index (χ1) is 24.4. The molecule has 0 unspecified atom stereocenters. The van der Waals surface area contributed by atoms with Crippen LogP contribution in [0.1, 0.15) is 132 Å². The maximum absolute atomic E-state index is 7.81. The van der Waals surface area contributed by atoms with Crippen molar-refractivity contribution in [2.45, 2.75) is 131 Å². The Morgan fingerprint density at radius 2 is 0.660 bits per heavy atom. The highest BCUT2D eigenvalue weighted by Crippen LogP contribution is 2.48. The van der Waals surface area contributed by atoms with Crippen LogP contribution in [0.5, 0.6) is 0 Å². The van der Waals surface area contributed by atoms with E-state index in [0.29, 0.717) is 5.02 Å². The molecule has 53 heavy (non-hydrogen) atoms. The van der Waals surface area contributed by atoms with Crippen molar-refractivity contribution in [2.24, 2.45) is 0 Å². The summed E-state index contributed by atoms with van der Waals surface area (Å²) in [6.45, 7) is 34.1. The van der Waals surface area contributed by atoms with Crippen molar-refractivity contribution in [2.75, 3.05) is 9.80 Å². The van der Waals surface area contributed by atoms with Crippen LogP contribution in [-0.2, 0) is 27.1 Å². The molecule has 0 aliphatic carbocycles. The standard InChI is InChI=1S/C50H63ClN2/c1-46(2,3)34-22-26-39(27-23-34)52(40-28-24-35(25-29-40)47(4,5)6)43-20-17-21-44(45(43)51)53(41-19-16-18-36(31-41)48(7,8)9)42-32-37(49(10,11)12)30-38(33-42)50(13,14)15/h16-33H,1-15H3. The number of benzene rings is 5. The van der Waals surface area contributed by atoms with Crippen LogP contribution in [0.4, 0.5) is 34.1 Å². The van der Waals surface area contributed by atoms with E-state index < -0.39 is 0 Å². The molecule has 0 aliphatic rings. The van der Waals surface area contributed by atoms with Gasteiger partial charge in [0.25, 0.3) is 0 Å². The van der Waals surface area contributed by atoms with Gasteiger partial charge < -0.3 is 9.80 Å². The van der Waals surface area contributed by atoms with Gasteiger partial charge in [-0.1, -0.05) is 164 Å². The normalized spacial score (nSPS) is 12.9. The zero-order chi connectivity index (χ0) is 39.3. The van der Waals surface area contributed by atoms with Gasteiger partial charge >= 0.3 is 0 Å². The third-order valence-electron chi connectivity index (χ3n) is 10.3. The largest absolute Gasteiger partial charge is 0.309 e. The highest BCUT2D eigenvalue weighted by atomic mass is 35.5. The van der Waals surface area contributed by atoms with Crippen molar-refractivity contribution < 1.29 is 0 Å². The second-order valence-corrected chi connectivity index (χ2v) is 20.3. The summed E-state index contributed by atoms with van der Waals surface area (Å²) < 4.78 is 0. The smallest absolute Gasteiger partial charge is 0.0887 e. The van der Waals surface area contributed by atoms with Crippen LogP contribution in [0.2, 0.25) is 5.02 Å². The van der Waals surface area contributed by atoms with Gasteiger partial charge in [-0.2, -0.15) is 0 Å². The zero-order valence-corrected chi connectivity index (χ0v) is 35.9. The van der Waals surface area contributed by atoms with Gasteiger partial charge in [0.15, 0.2) is 0 Å². The van der Waals surface area contributed by atoms with Crippen molar-refractivity contribution in [1.82, 2.24) is 0 Å². The molecule has 0 radical (unpaired) electrons. The predicted molar refractivity (Wildman–Crippen MR) is 234 cm³/mol. The second kappa shape index (κ2) is 14.3. The molecule has 0 saturated heterocycles. The van der Waals surface area contributed by atoms with Crippen LogP contribution in [0, 0.1) is 0 Å². The Morgan fingerprint density at radius 1 is 0.321 bits per heavy atom. The summed E-state index contributed by atoms with van der Waals surface area (Å²) >= 11 is 7.81. The first-order valence-electron chi connectivity index (χ1n) is 19.2. The quantitative estimate of drug-likeness (QED) is 0.172. The summed E-state index contributed by atoms with van der Waals surface area (Å²) in [5.41, 5.74) is 12.6. The number of halogens is 1. The van der Waals surface area contributed by atoms with Gasteiger partial charge in [0.05, 0.1) is 16.4 Å². The molecule has 0 N–H and O–H groups in total. The Hall–Kier alpha value is -4.01. The lowest BCUT2D eigenvalue weighted by atomic mass is 9.80. The first-order valence-corrected chi connectivity index (χ1v) is 19.6. The Balaban J connectivity index is 1.81. The van der Waals surface area contributed by atoms with Gasteiger partial charge in [0.2, 0.25) is 0 Å². The summed E-state index contributed by atoms with van der Waals surface area (Å²) in [6, 6.07) is 40.4. The van der Waals surface area contributed by atoms with Gasteiger partial charge in [0, 0.05) is 22.7 Å². The molecule has 0 spiro atoms. The molecule has 5 aromatic carbocycles.